The first-order chi connectivity index (χ1) is 11.6. The number of benzene rings is 1. The summed E-state index contributed by atoms with van der Waals surface area (Å²) in [7, 11) is 1.76. The maximum atomic E-state index is 12.5. The fourth-order valence-electron chi connectivity index (χ4n) is 2.98. The van der Waals surface area contributed by atoms with Crippen LogP contribution in [0.2, 0.25) is 0 Å². The second-order valence-corrected chi connectivity index (χ2v) is 6.92. The Kier molecular flexibility index (Phi) is 5.37. The Labute approximate surface area is 145 Å². The second-order valence-electron chi connectivity index (χ2n) is 6.05. The second kappa shape index (κ2) is 7.68. The molecule has 1 amide bonds. The largest absolute Gasteiger partial charge is 0.294 e. The molecule has 2 aromatic rings. The Morgan fingerprint density at radius 1 is 1.25 bits per heavy atom. The van der Waals surface area contributed by atoms with Crippen LogP contribution in [0, 0.1) is 5.92 Å². The van der Waals surface area contributed by atoms with Crippen molar-refractivity contribution < 1.29 is 9.59 Å². The summed E-state index contributed by atoms with van der Waals surface area (Å²) in [5.41, 5.74) is 0.788. The van der Waals surface area contributed by atoms with Gasteiger partial charge in [0, 0.05) is 30.1 Å². The molecule has 0 radical (unpaired) electrons. The topological polar surface area (TPSA) is 53.5 Å². The number of carbonyl (C=O) groups excluding carboxylic acids is 2. The molecular weight excluding hydrogens is 322 g/mol. The van der Waals surface area contributed by atoms with Crippen LogP contribution in [0.15, 0.2) is 41.9 Å². The van der Waals surface area contributed by atoms with E-state index >= 15 is 0 Å². The number of aromatic nitrogens is 1. The van der Waals surface area contributed by atoms with Gasteiger partial charge in [-0.2, -0.15) is 0 Å². The number of likely N-dealkylation sites (tertiary alicyclic amines) is 1. The number of ketones is 1. The van der Waals surface area contributed by atoms with E-state index in [1.807, 2.05) is 35.7 Å². The molecule has 126 valence electrons. The average molecular weight is 343 g/mol. The van der Waals surface area contributed by atoms with Crippen LogP contribution >= 0.6 is 11.3 Å². The van der Waals surface area contributed by atoms with Gasteiger partial charge in [-0.25, -0.2) is 4.98 Å². The zero-order valence-corrected chi connectivity index (χ0v) is 14.5. The Balaban J connectivity index is 1.50. The minimum atomic E-state index is 0.0396. The molecule has 1 aromatic carbocycles. The molecule has 3 rings (SSSR count). The average Bonchev–Trinajstić information content (AvgIpc) is 3.16. The van der Waals surface area contributed by atoms with Crippen LogP contribution in [0.1, 0.15) is 23.2 Å². The van der Waals surface area contributed by atoms with Crippen LogP contribution in [0.3, 0.4) is 0 Å². The third kappa shape index (κ3) is 3.88. The lowest BCUT2D eigenvalue weighted by molar-refractivity contribution is -0.119. The number of anilines is 1. The van der Waals surface area contributed by atoms with Crippen LogP contribution < -0.4 is 4.90 Å². The minimum Gasteiger partial charge on any atom is -0.294 e. The van der Waals surface area contributed by atoms with E-state index in [0.717, 1.165) is 31.5 Å². The highest BCUT2D eigenvalue weighted by molar-refractivity contribution is 7.13. The van der Waals surface area contributed by atoms with Gasteiger partial charge in [-0.1, -0.05) is 30.3 Å². The predicted octanol–water partition coefficient (Wildman–Crippen LogP) is 2.70. The Morgan fingerprint density at radius 2 is 1.96 bits per heavy atom. The lowest BCUT2D eigenvalue weighted by Crippen LogP contribution is -2.43. The van der Waals surface area contributed by atoms with Gasteiger partial charge in [-0.05, 0) is 25.9 Å². The number of thiazole rings is 1. The van der Waals surface area contributed by atoms with E-state index in [4.69, 9.17) is 0 Å². The monoisotopic (exact) mass is 343 g/mol. The van der Waals surface area contributed by atoms with E-state index in [-0.39, 0.29) is 17.6 Å². The van der Waals surface area contributed by atoms with E-state index in [1.165, 1.54) is 11.3 Å². The highest BCUT2D eigenvalue weighted by atomic mass is 32.1. The quantitative estimate of drug-likeness (QED) is 0.783. The molecule has 1 aliphatic rings. The van der Waals surface area contributed by atoms with E-state index in [1.54, 1.807) is 18.1 Å². The molecule has 1 aliphatic heterocycles. The third-order valence-electron chi connectivity index (χ3n) is 4.46. The molecule has 0 atom stereocenters. The van der Waals surface area contributed by atoms with Crippen molar-refractivity contribution in [1.82, 2.24) is 9.88 Å². The summed E-state index contributed by atoms with van der Waals surface area (Å²) in [4.78, 5) is 32.7. The molecule has 0 N–H and O–H groups in total. The Bertz CT molecular complexity index is 680. The first-order valence-corrected chi connectivity index (χ1v) is 9.01. The smallest absolute Gasteiger partial charge is 0.242 e. The van der Waals surface area contributed by atoms with Crippen LogP contribution in [-0.2, 0) is 4.79 Å². The van der Waals surface area contributed by atoms with Gasteiger partial charge < -0.3 is 0 Å². The van der Waals surface area contributed by atoms with Gasteiger partial charge >= 0.3 is 0 Å². The SMILES string of the molecule is CN(C(=O)CN1CCC(C(=O)c2ccccc2)CC1)c1nccs1. The lowest BCUT2D eigenvalue weighted by atomic mass is 9.89. The summed E-state index contributed by atoms with van der Waals surface area (Å²) < 4.78 is 0. The molecule has 1 fully saturated rings. The first kappa shape index (κ1) is 16.8. The van der Waals surface area contributed by atoms with Crippen molar-refractivity contribution in [2.24, 2.45) is 5.92 Å². The van der Waals surface area contributed by atoms with Crippen LogP contribution in [0.4, 0.5) is 5.13 Å². The summed E-state index contributed by atoms with van der Waals surface area (Å²) in [6.07, 6.45) is 3.31. The standard InChI is InChI=1S/C18H21N3O2S/c1-20(18-19-9-12-24-18)16(22)13-21-10-7-15(8-11-21)17(23)14-5-3-2-4-6-14/h2-6,9,12,15H,7-8,10-11,13H2,1H3. The highest BCUT2D eigenvalue weighted by Crippen LogP contribution is 2.22. The summed E-state index contributed by atoms with van der Waals surface area (Å²) in [6.45, 7) is 1.93. The van der Waals surface area contributed by atoms with E-state index in [9.17, 15) is 9.59 Å². The molecule has 1 saturated heterocycles. The predicted molar refractivity (Wildman–Crippen MR) is 95.5 cm³/mol. The van der Waals surface area contributed by atoms with E-state index in [2.05, 4.69) is 9.88 Å². The minimum absolute atomic E-state index is 0.0396. The van der Waals surface area contributed by atoms with Gasteiger partial charge in [0.25, 0.3) is 0 Å². The third-order valence-corrected chi connectivity index (χ3v) is 5.30. The van der Waals surface area contributed by atoms with Gasteiger partial charge in [0.2, 0.25) is 5.91 Å². The highest BCUT2D eigenvalue weighted by Gasteiger charge is 2.27. The normalized spacial score (nSPS) is 16.0. The molecule has 0 aliphatic carbocycles. The van der Waals surface area contributed by atoms with Gasteiger partial charge in [-0.15, -0.1) is 11.3 Å². The van der Waals surface area contributed by atoms with Crippen molar-refractivity contribution in [2.75, 3.05) is 31.6 Å². The van der Waals surface area contributed by atoms with Crippen LogP contribution in [-0.4, -0.2) is 48.3 Å². The number of hydrogen-bond donors (Lipinski definition) is 0. The number of rotatable bonds is 5. The molecule has 0 spiro atoms. The molecule has 0 unspecified atom stereocenters. The maximum Gasteiger partial charge on any atom is 0.242 e. The van der Waals surface area contributed by atoms with Crippen molar-refractivity contribution in [3.05, 3.63) is 47.5 Å². The number of hydrogen-bond acceptors (Lipinski definition) is 5. The summed E-state index contributed by atoms with van der Waals surface area (Å²) in [5, 5.41) is 2.58. The maximum absolute atomic E-state index is 12.5. The van der Waals surface area contributed by atoms with Crippen LogP contribution in [0.25, 0.3) is 0 Å². The summed E-state index contributed by atoms with van der Waals surface area (Å²) >= 11 is 1.45. The molecule has 0 bridgehead atoms. The molecule has 6 heteroatoms. The summed E-state index contributed by atoms with van der Waals surface area (Å²) in [5.74, 6) is 0.328. The molecule has 5 nitrogen and oxygen atoms in total. The molecule has 0 saturated carbocycles. The van der Waals surface area contributed by atoms with Gasteiger partial charge in [-0.3, -0.25) is 19.4 Å². The fraction of sp³-hybridized carbons (Fsp3) is 0.389. The van der Waals surface area contributed by atoms with E-state index in [0.29, 0.717) is 11.7 Å². The van der Waals surface area contributed by atoms with E-state index < -0.39 is 0 Å². The first-order valence-electron chi connectivity index (χ1n) is 8.13. The van der Waals surface area contributed by atoms with Gasteiger partial charge in [0.15, 0.2) is 10.9 Å². The summed E-state index contributed by atoms with van der Waals surface area (Å²) in [6, 6.07) is 9.47. The molecule has 2 heterocycles. The fourth-order valence-corrected chi connectivity index (χ4v) is 3.60. The van der Waals surface area contributed by atoms with Crippen molar-refractivity contribution >= 4 is 28.2 Å². The molecule has 1 aromatic heterocycles. The molecular formula is C18H21N3O2S. The van der Waals surface area contributed by atoms with Crippen LogP contribution in [0.5, 0.6) is 0 Å². The van der Waals surface area contributed by atoms with Gasteiger partial charge in [0.1, 0.15) is 0 Å². The Morgan fingerprint density at radius 3 is 2.58 bits per heavy atom. The van der Waals surface area contributed by atoms with Crippen molar-refractivity contribution in [3.8, 4) is 0 Å². The zero-order valence-electron chi connectivity index (χ0n) is 13.7. The van der Waals surface area contributed by atoms with Crippen molar-refractivity contribution in [2.45, 2.75) is 12.8 Å². The number of nitrogens with zero attached hydrogens (tertiary/aromatic N) is 3. The number of piperidine rings is 1. The number of carbonyl (C=O) groups is 2. The van der Waals surface area contributed by atoms with Crippen molar-refractivity contribution in [3.63, 3.8) is 0 Å². The van der Waals surface area contributed by atoms with Gasteiger partial charge in [0.05, 0.1) is 6.54 Å². The van der Waals surface area contributed by atoms with Crippen molar-refractivity contribution in [1.29, 1.82) is 0 Å². The Hall–Kier alpha value is -2.05. The number of likely N-dealkylation sites (N-methyl/N-ethyl adjacent to an activating group) is 1. The molecule has 24 heavy (non-hydrogen) atoms. The lowest BCUT2D eigenvalue weighted by Gasteiger charge is -2.31. The number of Topliss-reactive ketones (excluding diaryl/α,β-unsaturated/α-hetero) is 1. The number of amides is 1. The zero-order chi connectivity index (χ0) is 16.9.